The lowest BCUT2D eigenvalue weighted by molar-refractivity contribution is -0.00503. The number of nitrogens with two attached hydrogens (primary N) is 1. The number of hydrogen-bond acceptors (Lipinski definition) is 2. The second kappa shape index (κ2) is 5.71. The zero-order chi connectivity index (χ0) is 12.3. The van der Waals surface area contributed by atoms with Crippen LogP contribution < -0.4 is 5.73 Å². The van der Waals surface area contributed by atoms with Gasteiger partial charge in [-0.2, -0.15) is 0 Å². The summed E-state index contributed by atoms with van der Waals surface area (Å²) in [7, 11) is 0. The summed E-state index contributed by atoms with van der Waals surface area (Å²) in [4.78, 5) is 2.78. The van der Waals surface area contributed by atoms with Crippen molar-refractivity contribution >= 4 is 0 Å². The highest BCUT2D eigenvalue weighted by Crippen LogP contribution is 2.37. The van der Waals surface area contributed by atoms with E-state index in [1.54, 1.807) is 0 Å². The van der Waals surface area contributed by atoms with Gasteiger partial charge in [-0.3, -0.25) is 4.90 Å². The molecular weight excluding hydrogens is 208 g/mol. The van der Waals surface area contributed by atoms with Gasteiger partial charge in [-0.15, -0.1) is 0 Å². The molecule has 2 heteroatoms. The van der Waals surface area contributed by atoms with Gasteiger partial charge in [0, 0.05) is 18.1 Å². The minimum Gasteiger partial charge on any atom is -0.329 e. The largest absolute Gasteiger partial charge is 0.329 e. The number of likely N-dealkylation sites (tertiary alicyclic amines) is 1. The van der Waals surface area contributed by atoms with Crippen molar-refractivity contribution in [1.29, 1.82) is 0 Å². The van der Waals surface area contributed by atoms with E-state index >= 15 is 0 Å². The number of hydrogen-bond donors (Lipinski definition) is 1. The van der Waals surface area contributed by atoms with Crippen LogP contribution in [-0.4, -0.2) is 29.6 Å². The van der Waals surface area contributed by atoms with E-state index in [1.807, 2.05) is 0 Å². The van der Waals surface area contributed by atoms with E-state index in [0.717, 1.165) is 18.5 Å². The predicted octanol–water partition coefficient (Wildman–Crippen LogP) is 3.16. The Hall–Kier alpha value is -0.0800. The number of nitrogens with zero attached hydrogens (tertiary/aromatic N) is 1. The van der Waals surface area contributed by atoms with Gasteiger partial charge >= 0.3 is 0 Å². The third-order valence-corrected chi connectivity index (χ3v) is 5.40. The van der Waals surface area contributed by atoms with Crippen molar-refractivity contribution in [3.63, 3.8) is 0 Å². The number of piperidine rings is 1. The maximum absolute atomic E-state index is 6.20. The molecule has 2 rings (SSSR count). The topological polar surface area (TPSA) is 29.3 Å². The molecule has 17 heavy (non-hydrogen) atoms. The molecule has 2 atom stereocenters. The molecule has 1 aliphatic heterocycles. The van der Waals surface area contributed by atoms with Gasteiger partial charge in [-0.05, 0) is 45.1 Å². The van der Waals surface area contributed by atoms with Crippen LogP contribution in [0.25, 0.3) is 0 Å². The van der Waals surface area contributed by atoms with Gasteiger partial charge in [0.2, 0.25) is 0 Å². The molecule has 100 valence electrons. The first-order valence-electron chi connectivity index (χ1n) is 7.66. The lowest BCUT2D eigenvalue weighted by Crippen LogP contribution is -2.60. The molecule has 0 amide bonds. The molecule has 0 spiro atoms. The summed E-state index contributed by atoms with van der Waals surface area (Å²) in [5.74, 6) is 0.843. The average molecular weight is 238 g/mol. The van der Waals surface area contributed by atoms with Crippen molar-refractivity contribution < 1.29 is 0 Å². The van der Waals surface area contributed by atoms with Crippen LogP contribution in [0.4, 0.5) is 0 Å². The highest BCUT2D eigenvalue weighted by atomic mass is 15.2. The molecule has 2 aliphatic rings. The summed E-state index contributed by atoms with van der Waals surface area (Å²) < 4.78 is 0. The first-order valence-corrected chi connectivity index (χ1v) is 7.66. The van der Waals surface area contributed by atoms with Gasteiger partial charge in [-0.25, -0.2) is 0 Å². The first kappa shape index (κ1) is 13.4. The predicted molar refractivity (Wildman–Crippen MR) is 74.1 cm³/mol. The highest BCUT2D eigenvalue weighted by Gasteiger charge is 2.40. The number of rotatable bonds is 2. The van der Waals surface area contributed by atoms with E-state index in [1.165, 1.54) is 57.9 Å². The second-order valence-corrected chi connectivity index (χ2v) is 6.40. The van der Waals surface area contributed by atoms with Crippen molar-refractivity contribution in [2.45, 2.75) is 76.8 Å². The molecule has 0 aromatic heterocycles. The summed E-state index contributed by atoms with van der Waals surface area (Å²) in [6.07, 6.45) is 11.0. The smallest absolute Gasteiger partial charge is 0.0334 e. The zero-order valence-electron chi connectivity index (χ0n) is 11.8. The monoisotopic (exact) mass is 238 g/mol. The molecule has 2 fully saturated rings. The summed E-state index contributed by atoms with van der Waals surface area (Å²) in [5.41, 5.74) is 6.54. The Morgan fingerprint density at radius 1 is 1.06 bits per heavy atom. The molecule has 2 nitrogen and oxygen atoms in total. The van der Waals surface area contributed by atoms with Gasteiger partial charge in [0.1, 0.15) is 0 Å². The van der Waals surface area contributed by atoms with Gasteiger partial charge in [-0.1, -0.05) is 32.6 Å². The maximum atomic E-state index is 6.20. The van der Waals surface area contributed by atoms with Gasteiger partial charge < -0.3 is 5.73 Å². The SMILES string of the molecule is CC1CCCN(C2(CN)CCCCCC2)C1C. The first-order chi connectivity index (χ1) is 8.19. The van der Waals surface area contributed by atoms with Gasteiger partial charge in [0.25, 0.3) is 0 Å². The maximum Gasteiger partial charge on any atom is 0.0334 e. The minimum absolute atomic E-state index is 0.338. The molecule has 0 radical (unpaired) electrons. The fraction of sp³-hybridized carbons (Fsp3) is 1.00. The van der Waals surface area contributed by atoms with Crippen LogP contribution >= 0.6 is 0 Å². The summed E-state index contributed by atoms with van der Waals surface area (Å²) in [5, 5.41) is 0. The Labute approximate surface area is 107 Å². The van der Waals surface area contributed by atoms with E-state index < -0.39 is 0 Å². The summed E-state index contributed by atoms with van der Waals surface area (Å²) in [6.45, 7) is 6.98. The molecular formula is C15H30N2. The van der Waals surface area contributed by atoms with Gasteiger partial charge in [0.15, 0.2) is 0 Å². The molecule has 1 heterocycles. The average Bonchev–Trinajstić information content (AvgIpc) is 2.59. The lowest BCUT2D eigenvalue weighted by atomic mass is 9.81. The molecule has 0 bridgehead atoms. The van der Waals surface area contributed by atoms with Crippen LogP contribution in [0.15, 0.2) is 0 Å². The lowest BCUT2D eigenvalue weighted by Gasteiger charge is -2.51. The van der Waals surface area contributed by atoms with Crippen LogP contribution in [0.2, 0.25) is 0 Å². The van der Waals surface area contributed by atoms with E-state index in [4.69, 9.17) is 5.73 Å². The summed E-state index contributed by atoms with van der Waals surface area (Å²) >= 11 is 0. The van der Waals surface area contributed by atoms with Crippen LogP contribution in [0.5, 0.6) is 0 Å². The van der Waals surface area contributed by atoms with Crippen molar-refractivity contribution in [2.24, 2.45) is 11.7 Å². The van der Waals surface area contributed by atoms with Crippen LogP contribution in [0.3, 0.4) is 0 Å². The molecule has 2 N–H and O–H groups in total. The second-order valence-electron chi connectivity index (χ2n) is 6.40. The Kier molecular flexibility index (Phi) is 4.48. The van der Waals surface area contributed by atoms with Crippen molar-refractivity contribution in [3.05, 3.63) is 0 Å². The normalized spacial score (nSPS) is 35.5. The van der Waals surface area contributed by atoms with Gasteiger partial charge in [0.05, 0.1) is 0 Å². The molecule has 1 saturated carbocycles. The molecule has 1 saturated heterocycles. The van der Waals surface area contributed by atoms with Crippen molar-refractivity contribution in [1.82, 2.24) is 4.90 Å². The fourth-order valence-corrected chi connectivity index (χ4v) is 4.00. The van der Waals surface area contributed by atoms with E-state index in [0.29, 0.717) is 5.54 Å². The third-order valence-electron chi connectivity index (χ3n) is 5.40. The van der Waals surface area contributed by atoms with E-state index in [-0.39, 0.29) is 0 Å². The van der Waals surface area contributed by atoms with Crippen LogP contribution in [0.1, 0.15) is 65.2 Å². The minimum atomic E-state index is 0.338. The van der Waals surface area contributed by atoms with Crippen LogP contribution in [0, 0.1) is 5.92 Å². The molecule has 2 unspecified atom stereocenters. The van der Waals surface area contributed by atoms with Crippen molar-refractivity contribution in [2.75, 3.05) is 13.1 Å². The Morgan fingerprint density at radius 3 is 2.29 bits per heavy atom. The quantitative estimate of drug-likeness (QED) is 0.749. The van der Waals surface area contributed by atoms with E-state index in [9.17, 15) is 0 Å². The zero-order valence-corrected chi connectivity index (χ0v) is 11.8. The molecule has 0 aromatic carbocycles. The van der Waals surface area contributed by atoms with Crippen LogP contribution in [-0.2, 0) is 0 Å². The standard InChI is InChI=1S/C15H30N2/c1-13-8-7-11-17(14(13)2)15(12-16)9-5-3-4-6-10-15/h13-14H,3-12,16H2,1-2H3. The van der Waals surface area contributed by atoms with E-state index in [2.05, 4.69) is 18.7 Å². The Morgan fingerprint density at radius 2 is 1.71 bits per heavy atom. The Bertz CT molecular complexity index is 231. The molecule has 1 aliphatic carbocycles. The Balaban J connectivity index is 2.14. The highest BCUT2D eigenvalue weighted by molar-refractivity contribution is 4.97. The fourth-order valence-electron chi connectivity index (χ4n) is 4.00. The summed E-state index contributed by atoms with van der Waals surface area (Å²) in [6, 6.07) is 0.727. The molecule has 0 aromatic rings. The third kappa shape index (κ3) is 2.68. The van der Waals surface area contributed by atoms with Crippen molar-refractivity contribution in [3.8, 4) is 0 Å².